The van der Waals surface area contributed by atoms with E-state index in [1.165, 1.54) is 12.8 Å². The lowest BCUT2D eigenvalue weighted by molar-refractivity contribution is -0.132. The molecule has 2 heterocycles. The van der Waals surface area contributed by atoms with E-state index in [2.05, 4.69) is 24.1 Å². The fraction of sp³-hybridized carbons (Fsp3) is 0.917. The second-order valence-electron chi connectivity index (χ2n) is 5.16. The summed E-state index contributed by atoms with van der Waals surface area (Å²) in [6.07, 6.45) is 3.10. The number of carbonyl (C=O) groups is 1. The third-order valence-corrected chi connectivity index (χ3v) is 4.09. The zero-order chi connectivity index (χ0) is 10.8. The summed E-state index contributed by atoms with van der Waals surface area (Å²) in [6.45, 7) is 7.52. The van der Waals surface area contributed by atoms with E-state index in [9.17, 15) is 4.79 Å². The van der Waals surface area contributed by atoms with Gasteiger partial charge < -0.3 is 10.2 Å². The van der Waals surface area contributed by atoms with E-state index >= 15 is 0 Å². The topological polar surface area (TPSA) is 32.3 Å². The molecule has 1 amide bonds. The van der Waals surface area contributed by atoms with Crippen molar-refractivity contribution in [1.29, 1.82) is 0 Å². The van der Waals surface area contributed by atoms with Crippen LogP contribution in [0, 0.1) is 11.8 Å². The Bertz CT molecular complexity index is 241. The third-order valence-electron chi connectivity index (χ3n) is 4.09. The Balaban J connectivity index is 0.00000128. The van der Waals surface area contributed by atoms with Gasteiger partial charge in [-0.05, 0) is 44.7 Å². The van der Waals surface area contributed by atoms with Gasteiger partial charge in [-0.1, -0.05) is 6.92 Å². The number of likely N-dealkylation sites (tertiary alicyclic amines) is 1. The van der Waals surface area contributed by atoms with Crippen molar-refractivity contribution in [3.05, 3.63) is 0 Å². The molecule has 2 rings (SSSR count). The summed E-state index contributed by atoms with van der Waals surface area (Å²) >= 11 is 0. The summed E-state index contributed by atoms with van der Waals surface area (Å²) in [7, 11) is 0. The van der Waals surface area contributed by atoms with Crippen molar-refractivity contribution >= 4 is 18.3 Å². The Kier molecular flexibility index (Phi) is 5.06. The van der Waals surface area contributed by atoms with E-state index in [1.807, 2.05) is 0 Å². The van der Waals surface area contributed by atoms with Crippen molar-refractivity contribution < 1.29 is 4.79 Å². The van der Waals surface area contributed by atoms with Crippen molar-refractivity contribution in [3.63, 3.8) is 0 Å². The number of nitrogens with one attached hydrogen (secondary N) is 1. The molecule has 0 aromatic rings. The number of halogens is 1. The molecule has 2 aliphatic heterocycles. The van der Waals surface area contributed by atoms with E-state index in [0.717, 1.165) is 26.1 Å². The lowest BCUT2D eigenvalue weighted by atomic mass is 10.0. The maximum Gasteiger partial charge on any atom is 0.223 e. The molecule has 0 spiro atoms. The molecule has 16 heavy (non-hydrogen) atoms. The molecule has 0 saturated carbocycles. The molecule has 2 fully saturated rings. The van der Waals surface area contributed by atoms with Gasteiger partial charge in [-0.2, -0.15) is 0 Å². The molecule has 0 aliphatic carbocycles. The van der Waals surface area contributed by atoms with Crippen molar-refractivity contribution in [2.24, 2.45) is 11.8 Å². The van der Waals surface area contributed by atoms with E-state index in [1.54, 1.807) is 0 Å². The third kappa shape index (κ3) is 2.89. The van der Waals surface area contributed by atoms with Crippen LogP contribution in [0.25, 0.3) is 0 Å². The van der Waals surface area contributed by atoms with Gasteiger partial charge in [-0.15, -0.1) is 12.4 Å². The van der Waals surface area contributed by atoms with Crippen molar-refractivity contribution in [3.8, 4) is 0 Å². The molecule has 2 saturated heterocycles. The van der Waals surface area contributed by atoms with Crippen LogP contribution in [0.4, 0.5) is 0 Å². The minimum Gasteiger partial charge on any atom is -0.340 e. The fourth-order valence-electron chi connectivity index (χ4n) is 2.70. The highest BCUT2D eigenvalue weighted by Gasteiger charge is 2.32. The number of nitrogens with zero attached hydrogens (tertiary/aromatic N) is 1. The van der Waals surface area contributed by atoms with Gasteiger partial charge in [0.2, 0.25) is 5.91 Å². The van der Waals surface area contributed by atoms with E-state index in [-0.39, 0.29) is 12.4 Å². The first-order chi connectivity index (χ1) is 7.18. The summed E-state index contributed by atoms with van der Waals surface area (Å²) in [6, 6.07) is 0.451. The van der Waals surface area contributed by atoms with Crippen LogP contribution in [0.15, 0.2) is 0 Å². The highest BCUT2D eigenvalue weighted by atomic mass is 35.5. The molecular weight excluding hydrogens is 224 g/mol. The van der Waals surface area contributed by atoms with E-state index < -0.39 is 0 Å². The van der Waals surface area contributed by atoms with Crippen LogP contribution >= 0.6 is 12.4 Å². The molecule has 1 N–H and O–H groups in total. The Morgan fingerprint density at radius 3 is 2.62 bits per heavy atom. The average Bonchev–Trinajstić information content (AvgIpc) is 2.79. The minimum atomic E-state index is 0. The van der Waals surface area contributed by atoms with Gasteiger partial charge in [-0.25, -0.2) is 0 Å². The van der Waals surface area contributed by atoms with Gasteiger partial charge in [0.15, 0.2) is 0 Å². The molecule has 94 valence electrons. The van der Waals surface area contributed by atoms with Crippen LogP contribution in [0.3, 0.4) is 0 Å². The predicted molar refractivity (Wildman–Crippen MR) is 67.8 cm³/mol. The minimum absolute atomic E-state index is 0. The Morgan fingerprint density at radius 2 is 2.12 bits per heavy atom. The van der Waals surface area contributed by atoms with Gasteiger partial charge >= 0.3 is 0 Å². The number of hydrogen-bond acceptors (Lipinski definition) is 2. The molecular formula is C12H23ClN2O. The maximum atomic E-state index is 12.1. The molecule has 3 atom stereocenters. The molecule has 4 heteroatoms. The monoisotopic (exact) mass is 246 g/mol. The number of rotatable bonds is 2. The predicted octanol–water partition coefficient (Wildman–Crippen LogP) is 1.66. The molecule has 3 nitrogen and oxygen atoms in total. The average molecular weight is 247 g/mol. The second-order valence-corrected chi connectivity index (χ2v) is 5.16. The highest BCUT2D eigenvalue weighted by molar-refractivity contribution is 5.85. The Labute approximate surface area is 104 Å². The Hall–Kier alpha value is -0.280. The summed E-state index contributed by atoms with van der Waals surface area (Å²) in [5.41, 5.74) is 0. The van der Waals surface area contributed by atoms with Crippen LogP contribution in [0.2, 0.25) is 0 Å². The summed E-state index contributed by atoms with van der Waals surface area (Å²) in [5.74, 6) is 1.64. The van der Waals surface area contributed by atoms with Crippen LogP contribution in [-0.2, 0) is 4.79 Å². The first kappa shape index (κ1) is 13.8. The quantitative estimate of drug-likeness (QED) is 0.804. The smallest absolute Gasteiger partial charge is 0.223 e. The molecule has 0 bridgehead atoms. The highest BCUT2D eigenvalue weighted by Crippen LogP contribution is 2.25. The lowest BCUT2D eigenvalue weighted by Gasteiger charge is -2.24. The van der Waals surface area contributed by atoms with Gasteiger partial charge in [0.1, 0.15) is 0 Å². The van der Waals surface area contributed by atoms with Gasteiger partial charge in [0.05, 0.1) is 0 Å². The number of carbonyl (C=O) groups excluding carboxylic acids is 1. The van der Waals surface area contributed by atoms with Crippen molar-refractivity contribution in [2.75, 3.05) is 19.6 Å². The molecule has 3 unspecified atom stereocenters. The summed E-state index contributed by atoms with van der Waals surface area (Å²) in [5, 5.41) is 3.32. The summed E-state index contributed by atoms with van der Waals surface area (Å²) in [4.78, 5) is 14.1. The SMILES string of the molecule is CC1CCN(C(=O)CC2CCNC2)C1C.Cl. The van der Waals surface area contributed by atoms with Crippen molar-refractivity contribution in [1.82, 2.24) is 10.2 Å². The first-order valence-corrected chi connectivity index (χ1v) is 6.18. The van der Waals surface area contributed by atoms with Gasteiger partial charge in [0.25, 0.3) is 0 Å². The zero-order valence-corrected chi connectivity index (χ0v) is 11.1. The normalized spacial score (nSPS) is 33.9. The van der Waals surface area contributed by atoms with Crippen LogP contribution in [0.5, 0.6) is 0 Å². The van der Waals surface area contributed by atoms with Gasteiger partial charge in [-0.3, -0.25) is 4.79 Å². The maximum absolute atomic E-state index is 12.1. The summed E-state index contributed by atoms with van der Waals surface area (Å²) < 4.78 is 0. The largest absolute Gasteiger partial charge is 0.340 e. The van der Waals surface area contributed by atoms with Crippen molar-refractivity contribution in [2.45, 2.75) is 39.2 Å². The first-order valence-electron chi connectivity index (χ1n) is 6.18. The van der Waals surface area contributed by atoms with Gasteiger partial charge in [0, 0.05) is 19.0 Å². The molecule has 0 radical (unpaired) electrons. The van der Waals surface area contributed by atoms with E-state index in [4.69, 9.17) is 0 Å². The zero-order valence-electron chi connectivity index (χ0n) is 10.2. The second kappa shape index (κ2) is 5.87. The Morgan fingerprint density at radius 1 is 1.38 bits per heavy atom. The van der Waals surface area contributed by atoms with Crippen LogP contribution in [0.1, 0.15) is 33.1 Å². The lowest BCUT2D eigenvalue weighted by Crippen LogP contribution is -2.36. The standard InChI is InChI=1S/C12H22N2O.ClH/c1-9-4-6-14(10(9)2)12(15)7-11-3-5-13-8-11;/h9-11,13H,3-8H2,1-2H3;1H. The molecule has 2 aliphatic rings. The number of amides is 1. The molecule has 0 aromatic heterocycles. The molecule has 0 aromatic carbocycles. The van der Waals surface area contributed by atoms with Crippen LogP contribution in [-0.4, -0.2) is 36.5 Å². The van der Waals surface area contributed by atoms with E-state index in [0.29, 0.717) is 23.8 Å². The number of hydrogen-bond donors (Lipinski definition) is 1. The fourth-order valence-corrected chi connectivity index (χ4v) is 2.70. The van der Waals surface area contributed by atoms with Crippen LogP contribution < -0.4 is 5.32 Å².